The van der Waals surface area contributed by atoms with Crippen LogP contribution in [0.4, 0.5) is 4.79 Å². The van der Waals surface area contributed by atoms with Crippen molar-refractivity contribution in [2.45, 2.75) is 103 Å². The Bertz CT molecular complexity index is 1880. The Morgan fingerprint density at radius 3 is 1.83 bits per heavy atom. The maximum atomic E-state index is 14.9. The van der Waals surface area contributed by atoms with E-state index < -0.39 is 44.1 Å². The summed E-state index contributed by atoms with van der Waals surface area (Å²) in [5.41, 5.74) is 4.34. The molecule has 4 atom stereocenters. The quantitative estimate of drug-likeness (QED) is 0.0992. The highest BCUT2D eigenvalue weighted by Crippen LogP contribution is 2.39. The van der Waals surface area contributed by atoms with Gasteiger partial charge in [0.15, 0.2) is 8.32 Å². The molecule has 3 N–H and O–H groups in total. The molecule has 53 heavy (non-hydrogen) atoms. The summed E-state index contributed by atoms with van der Waals surface area (Å²) in [6, 6.07) is 39.7. The molecule has 0 radical (unpaired) electrons. The summed E-state index contributed by atoms with van der Waals surface area (Å²) >= 11 is 0. The van der Waals surface area contributed by atoms with Gasteiger partial charge in [0.2, 0.25) is 5.91 Å². The lowest BCUT2D eigenvalue weighted by Crippen LogP contribution is -2.54. The molecule has 0 saturated heterocycles. The first kappa shape index (κ1) is 39.5. The molecule has 1 unspecified atom stereocenters. The van der Waals surface area contributed by atoms with Gasteiger partial charge in [-0.2, -0.15) is 0 Å². The normalized spacial score (nSPS) is 14.6. The van der Waals surface area contributed by atoms with Crippen LogP contribution in [0.1, 0.15) is 76.4 Å². The van der Waals surface area contributed by atoms with Gasteiger partial charge >= 0.3 is 6.09 Å². The lowest BCUT2D eigenvalue weighted by Gasteiger charge is -2.42. The van der Waals surface area contributed by atoms with Crippen LogP contribution in [0.25, 0.3) is 10.9 Å². The number of benzene rings is 4. The summed E-state index contributed by atoms with van der Waals surface area (Å²) in [5, 5.41) is 7.64. The number of nitrogens with one attached hydrogen (secondary N) is 3. The number of carbonyl (C=O) groups excluding carboxylic acids is 2. The molecule has 5 rings (SSSR count). The van der Waals surface area contributed by atoms with Gasteiger partial charge < -0.3 is 24.8 Å². The third-order valence-corrected chi connectivity index (χ3v) is 14.7. The molecule has 0 aliphatic heterocycles. The fraction of sp³-hybridized carbons (Fsp3) is 0.378. The minimum absolute atomic E-state index is 0.0825. The predicted molar refractivity (Wildman–Crippen MR) is 218 cm³/mol. The number of amides is 2. The lowest BCUT2D eigenvalue weighted by molar-refractivity contribution is -0.126. The predicted octanol–water partition coefficient (Wildman–Crippen LogP) is 10.1. The third-order valence-electron chi connectivity index (χ3n) is 10.2. The Hall–Kier alpha value is -4.66. The number of ether oxygens (including phenoxy) is 1. The molecule has 1 heterocycles. The Morgan fingerprint density at radius 1 is 0.717 bits per heavy atom. The minimum atomic E-state index is -2.42. The molecule has 0 fully saturated rings. The number of rotatable bonds is 14. The monoisotopic (exact) mass is 731 g/mol. The number of hydrogen-bond donors (Lipinski definition) is 3. The summed E-state index contributed by atoms with van der Waals surface area (Å²) in [7, 11) is -2.42. The maximum absolute atomic E-state index is 14.9. The van der Waals surface area contributed by atoms with Crippen molar-refractivity contribution in [3.8, 4) is 0 Å². The summed E-state index contributed by atoms with van der Waals surface area (Å²) in [5.74, 6) is -0.567. The number of fused-ring (bicyclic) bond motifs is 1. The Kier molecular flexibility index (Phi) is 12.7. The molecule has 0 spiro atoms. The van der Waals surface area contributed by atoms with Crippen molar-refractivity contribution in [1.82, 2.24) is 15.6 Å². The molecule has 0 saturated carbocycles. The second-order valence-electron chi connectivity index (χ2n) is 16.6. The number of H-pyrrole nitrogens is 1. The number of alkyl carbamates (subject to hydrolysis) is 1. The van der Waals surface area contributed by atoms with Crippen LogP contribution >= 0.6 is 0 Å². The first-order valence-corrected chi connectivity index (χ1v) is 21.7. The van der Waals surface area contributed by atoms with Gasteiger partial charge in [0.1, 0.15) is 5.60 Å². The van der Waals surface area contributed by atoms with E-state index in [0.717, 1.165) is 33.3 Å². The molecular formula is C45H57N3O4Si. The van der Waals surface area contributed by atoms with Crippen LogP contribution < -0.4 is 10.6 Å². The van der Waals surface area contributed by atoms with Gasteiger partial charge in [0, 0.05) is 17.1 Å². The molecule has 8 heteroatoms. The van der Waals surface area contributed by atoms with Crippen LogP contribution in [0.3, 0.4) is 0 Å². The van der Waals surface area contributed by atoms with Gasteiger partial charge in [-0.15, -0.1) is 0 Å². The second-order valence-corrected chi connectivity index (χ2v) is 21.4. The largest absolute Gasteiger partial charge is 0.444 e. The topological polar surface area (TPSA) is 92.5 Å². The highest BCUT2D eigenvalue weighted by atomic mass is 28.4. The lowest BCUT2D eigenvalue weighted by atomic mass is 9.88. The van der Waals surface area contributed by atoms with Crippen molar-refractivity contribution in [2.75, 3.05) is 0 Å². The van der Waals surface area contributed by atoms with Crippen LogP contribution in [0.5, 0.6) is 0 Å². The molecule has 2 amide bonds. The zero-order chi connectivity index (χ0) is 38.2. The van der Waals surface area contributed by atoms with Gasteiger partial charge in [0.05, 0.1) is 18.2 Å². The van der Waals surface area contributed by atoms with Gasteiger partial charge in [-0.05, 0) is 92.4 Å². The van der Waals surface area contributed by atoms with Crippen LogP contribution in [0, 0.1) is 5.92 Å². The summed E-state index contributed by atoms with van der Waals surface area (Å²) < 4.78 is 13.1. The fourth-order valence-corrected chi connectivity index (χ4v) is 7.78. The van der Waals surface area contributed by atoms with E-state index >= 15 is 0 Å². The molecule has 7 nitrogen and oxygen atoms in total. The summed E-state index contributed by atoms with van der Waals surface area (Å²) in [6.45, 7) is 16.7. The van der Waals surface area contributed by atoms with Gasteiger partial charge in [0.25, 0.3) is 0 Å². The van der Waals surface area contributed by atoms with Gasteiger partial charge in [-0.25, -0.2) is 4.79 Å². The SMILES string of the molecule is CC(C)(C)OC(=O)N[C@@H](Cc1ccccc1)[C@H](C[C@@H](Cc1ccccc1)C(=O)NC(c1ccccc1)c1cc2ccccc2[nH]1)O[Si](C)(C)C(C)(C)C. The number of carbonyl (C=O) groups is 2. The zero-order valence-electron chi connectivity index (χ0n) is 32.6. The highest BCUT2D eigenvalue weighted by Gasteiger charge is 2.43. The second kappa shape index (κ2) is 17.0. The average Bonchev–Trinajstić information content (AvgIpc) is 3.53. The number of aromatic amines is 1. The van der Waals surface area contributed by atoms with Crippen LogP contribution in [0.15, 0.2) is 121 Å². The summed E-state index contributed by atoms with van der Waals surface area (Å²) in [4.78, 5) is 32.0. The van der Waals surface area contributed by atoms with E-state index in [-0.39, 0.29) is 10.9 Å². The molecule has 0 aliphatic carbocycles. The molecule has 4 aromatic carbocycles. The molecule has 1 aromatic heterocycles. The van der Waals surface area contributed by atoms with E-state index in [9.17, 15) is 9.59 Å². The molecule has 5 aromatic rings. The first-order valence-electron chi connectivity index (χ1n) is 18.8. The molecule has 280 valence electrons. The van der Waals surface area contributed by atoms with Crippen molar-refractivity contribution in [1.29, 1.82) is 0 Å². The number of hydrogen-bond acceptors (Lipinski definition) is 4. The Morgan fingerprint density at radius 2 is 1.26 bits per heavy atom. The van der Waals surface area contributed by atoms with Crippen molar-refractivity contribution in [3.05, 3.63) is 144 Å². The van der Waals surface area contributed by atoms with Crippen molar-refractivity contribution < 1.29 is 18.8 Å². The van der Waals surface area contributed by atoms with E-state index in [4.69, 9.17) is 9.16 Å². The number of aromatic nitrogens is 1. The molecule has 0 aliphatic rings. The minimum Gasteiger partial charge on any atom is -0.444 e. The maximum Gasteiger partial charge on any atom is 0.407 e. The standard InChI is InChI=1S/C45H57N3O4Si/c1-44(2,3)51-43(50)47-38(29-33-22-14-10-15-23-33)40(52-53(7,8)45(4,5)6)31-36(28-32-20-12-9-13-21-32)42(49)48-41(34-24-16-11-17-25-34)39-30-35-26-18-19-27-37(35)46-39/h9-27,30,36,38,40-41,46H,28-29,31H2,1-8H3,(H,47,50)(H,48,49)/t36-,38+,40+,41?/m1/s1. The summed E-state index contributed by atoms with van der Waals surface area (Å²) in [6.07, 6.45) is 0.402. The van der Waals surface area contributed by atoms with Crippen molar-refractivity contribution in [3.63, 3.8) is 0 Å². The van der Waals surface area contributed by atoms with Crippen LogP contribution in [-0.2, 0) is 26.8 Å². The Balaban J connectivity index is 1.56. The molecular weight excluding hydrogens is 675 g/mol. The smallest absolute Gasteiger partial charge is 0.407 e. The van der Waals surface area contributed by atoms with E-state index in [1.165, 1.54) is 0 Å². The van der Waals surface area contributed by atoms with E-state index in [1.807, 2.05) is 106 Å². The Labute approximate surface area is 317 Å². The van der Waals surface area contributed by atoms with Crippen molar-refractivity contribution >= 4 is 31.2 Å². The highest BCUT2D eigenvalue weighted by molar-refractivity contribution is 6.74. The van der Waals surface area contributed by atoms with Crippen LogP contribution in [-0.4, -0.2) is 43.0 Å². The number of para-hydroxylation sites is 1. The van der Waals surface area contributed by atoms with Gasteiger partial charge in [-0.1, -0.05) is 130 Å². The van der Waals surface area contributed by atoms with E-state index in [0.29, 0.717) is 19.3 Å². The van der Waals surface area contributed by atoms with E-state index in [2.05, 4.69) is 85.9 Å². The van der Waals surface area contributed by atoms with E-state index in [1.54, 1.807) is 0 Å². The van der Waals surface area contributed by atoms with Gasteiger partial charge in [-0.3, -0.25) is 4.79 Å². The van der Waals surface area contributed by atoms with Crippen molar-refractivity contribution in [2.24, 2.45) is 5.92 Å². The molecule has 0 bridgehead atoms. The first-order chi connectivity index (χ1) is 25.1. The van der Waals surface area contributed by atoms with Crippen LogP contribution in [0.2, 0.25) is 18.1 Å². The third kappa shape index (κ3) is 11.2. The fourth-order valence-electron chi connectivity index (χ4n) is 6.41. The zero-order valence-corrected chi connectivity index (χ0v) is 33.6. The average molecular weight is 732 g/mol.